The zero-order valence-corrected chi connectivity index (χ0v) is 14.4. The first-order valence-corrected chi connectivity index (χ1v) is 8.84. The Kier molecular flexibility index (Phi) is 4.18. The van der Waals surface area contributed by atoms with E-state index in [1.807, 2.05) is 24.3 Å². The summed E-state index contributed by atoms with van der Waals surface area (Å²) < 4.78 is 0. The summed E-state index contributed by atoms with van der Waals surface area (Å²) in [6.07, 6.45) is 3.49. The molecule has 1 aliphatic rings. The van der Waals surface area contributed by atoms with Gasteiger partial charge in [-0.15, -0.1) is 0 Å². The van der Waals surface area contributed by atoms with Crippen LogP contribution in [0.4, 0.5) is 11.4 Å². The van der Waals surface area contributed by atoms with Crippen molar-refractivity contribution in [2.24, 2.45) is 0 Å². The molecule has 1 aromatic heterocycles. The van der Waals surface area contributed by atoms with Crippen molar-refractivity contribution in [3.8, 4) is 5.75 Å². The number of benzene rings is 2. The van der Waals surface area contributed by atoms with E-state index in [0.717, 1.165) is 42.5 Å². The number of pyridine rings is 1. The van der Waals surface area contributed by atoms with Crippen molar-refractivity contribution < 1.29 is 5.11 Å². The lowest BCUT2D eigenvalue weighted by Crippen LogP contribution is -2.39. The Morgan fingerprint density at radius 1 is 1.04 bits per heavy atom. The summed E-state index contributed by atoms with van der Waals surface area (Å²) in [4.78, 5) is 6.49. The maximum absolute atomic E-state index is 12.4. The highest BCUT2D eigenvalue weighted by molar-refractivity contribution is 5.94. The van der Waals surface area contributed by atoms with Crippen molar-refractivity contribution in [1.82, 2.24) is 4.98 Å². The number of hydrogen-bond donors (Lipinski definition) is 1. The first kappa shape index (κ1) is 15.8. The minimum atomic E-state index is 0.0176. The zero-order chi connectivity index (χ0) is 17.2. The molecule has 3 aromatic rings. The molecule has 0 saturated carbocycles. The average molecular weight is 332 g/mol. The molecule has 0 spiro atoms. The molecule has 4 nitrogen and oxygen atoms in total. The summed E-state index contributed by atoms with van der Waals surface area (Å²) >= 11 is 0. The van der Waals surface area contributed by atoms with Crippen LogP contribution in [0.15, 0.2) is 54.7 Å². The smallest absolute Gasteiger partial charge is 0.220 e. The normalized spacial score (nSPS) is 15.5. The van der Waals surface area contributed by atoms with Gasteiger partial charge in [-0.25, -0.2) is 0 Å². The van der Waals surface area contributed by atoms with E-state index in [2.05, 4.69) is 46.4 Å². The predicted octanol–water partition coefficient (Wildman–Crippen LogP) is 4.77. The Hall–Kier alpha value is -2.75. The van der Waals surface area contributed by atoms with Gasteiger partial charge >= 0.3 is 0 Å². The number of aryl methyl sites for hydroxylation is 1. The van der Waals surface area contributed by atoms with Crippen LogP contribution < -0.4 is 10.2 Å². The quantitative estimate of drug-likeness (QED) is 0.751. The third-order valence-electron chi connectivity index (χ3n) is 5.03. The van der Waals surface area contributed by atoms with E-state index in [1.165, 1.54) is 17.4 Å². The Bertz CT molecular complexity index is 885. The van der Waals surface area contributed by atoms with Gasteiger partial charge in [-0.1, -0.05) is 36.4 Å². The number of aromatic nitrogens is 1. The Morgan fingerprint density at radius 2 is 1.76 bits per heavy atom. The highest BCUT2D eigenvalue weighted by Crippen LogP contribution is 2.36. The Balaban J connectivity index is 1.51. The summed E-state index contributed by atoms with van der Waals surface area (Å²) in [6.45, 7) is 3.89. The second-order valence-corrected chi connectivity index (χ2v) is 6.71. The number of piperidine rings is 1. The van der Waals surface area contributed by atoms with Crippen LogP contribution in [0.5, 0.6) is 5.75 Å². The van der Waals surface area contributed by atoms with Crippen LogP contribution >= 0.6 is 0 Å². The van der Waals surface area contributed by atoms with Crippen molar-refractivity contribution in [3.05, 3.63) is 60.3 Å². The number of hydrogen-bond acceptors (Lipinski definition) is 3. The van der Waals surface area contributed by atoms with Gasteiger partial charge in [0.05, 0.1) is 17.4 Å². The van der Waals surface area contributed by atoms with Crippen LogP contribution in [0, 0.1) is 6.92 Å². The minimum absolute atomic E-state index is 0.0176. The standard InChI is InChI=1S/C21H22N3O/c1-15-6-2-4-8-18(15)23-16-10-12-24(13-11-16)21-17-7-3-5-9-19(17)22-14-20(21)25/h2-9,14,16,23H,10-13H2,1H3. The fourth-order valence-corrected chi connectivity index (χ4v) is 3.64. The van der Waals surface area contributed by atoms with Crippen LogP contribution in [-0.2, 0) is 5.11 Å². The highest BCUT2D eigenvalue weighted by atomic mass is 16.3. The van der Waals surface area contributed by atoms with Gasteiger partial charge < -0.3 is 10.2 Å². The van der Waals surface area contributed by atoms with Crippen LogP contribution in [0.2, 0.25) is 0 Å². The number of nitrogens with one attached hydrogen (secondary N) is 1. The van der Waals surface area contributed by atoms with Crippen LogP contribution in [-0.4, -0.2) is 24.1 Å². The van der Waals surface area contributed by atoms with Crippen LogP contribution in [0.1, 0.15) is 18.4 Å². The first-order chi connectivity index (χ1) is 12.2. The molecular formula is C21H22N3O. The van der Waals surface area contributed by atoms with Gasteiger partial charge in [0.2, 0.25) is 5.75 Å². The van der Waals surface area contributed by atoms with Gasteiger partial charge in [0.25, 0.3) is 0 Å². The second kappa shape index (κ2) is 6.63. The molecule has 0 unspecified atom stereocenters. The maximum Gasteiger partial charge on any atom is 0.220 e. The van der Waals surface area contributed by atoms with Crippen molar-refractivity contribution in [2.75, 3.05) is 23.3 Å². The maximum atomic E-state index is 12.4. The molecule has 127 valence electrons. The van der Waals surface area contributed by atoms with Gasteiger partial charge in [0, 0.05) is 30.2 Å². The largest absolute Gasteiger partial charge is 0.382 e. The zero-order valence-electron chi connectivity index (χ0n) is 14.4. The molecular weight excluding hydrogens is 310 g/mol. The second-order valence-electron chi connectivity index (χ2n) is 6.71. The van der Waals surface area contributed by atoms with Gasteiger partial charge in [-0.05, 0) is 37.5 Å². The number of rotatable bonds is 3. The Morgan fingerprint density at radius 3 is 2.56 bits per heavy atom. The minimum Gasteiger partial charge on any atom is -0.382 e. The van der Waals surface area contributed by atoms with Gasteiger partial charge in [0.15, 0.2) is 0 Å². The average Bonchev–Trinajstić information content (AvgIpc) is 2.64. The Labute approximate surface area is 148 Å². The molecule has 4 heteroatoms. The van der Waals surface area contributed by atoms with E-state index < -0.39 is 0 Å². The summed E-state index contributed by atoms with van der Waals surface area (Å²) in [5, 5.41) is 17.0. The van der Waals surface area contributed by atoms with Crippen molar-refractivity contribution in [3.63, 3.8) is 0 Å². The predicted molar refractivity (Wildman–Crippen MR) is 102 cm³/mol. The van der Waals surface area contributed by atoms with E-state index in [4.69, 9.17) is 0 Å². The summed E-state index contributed by atoms with van der Waals surface area (Å²) in [6, 6.07) is 16.7. The molecule has 0 aliphatic carbocycles. The number of para-hydroxylation sites is 2. The number of fused-ring (bicyclic) bond motifs is 1. The fourth-order valence-electron chi connectivity index (χ4n) is 3.64. The third kappa shape index (κ3) is 3.12. The van der Waals surface area contributed by atoms with Crippen LogP contribution in [0.25, 0.3) is 10.9 Å². The molecule has 1 saturated heterocycles. The molecule has 0 atom stereocenters. The SMILES string of the molecule is Cc1ccccc1NC1CCN(c2c([O])cnc3ccccc23)CC1. The van der Waals surface area contributed by atoms with Gasteiger partial charge in [-0.3, -0.25) is 10.1 Å². The van der Waals surface area contributed by atoms with Gasteiger partial charge in [-0.2, -0.15) is 0 Å². The van der Waals surface area contributed by atoms with Gasteiger partial charge in [0.1, 0.15) is 0 Å². The molecule has 4 rings (SSSR count). The third-order valence-corrected chi connectivity index (χ3v) is 5.03. The molecule has 1 radical (unpaired) electrons. The molecule has 2 heterocycles. The molecule has 1 aliphatic heterocycles. The van der Waals surface area contributed by atoms with Crippen molar-refractivity contribution in [1.29, 1.82) is 0 Å². The summed E-state index contributed by atoms with van der Waals surface area (Å²) in [5.41, 5.74) is 4.17. The molecule has 2 aromatic carbocycles. The monoisotopic (exact) mass is 332 g/mol. The molecule has 25 heavy (non-hydrogen) atoms. The van der Waals surface area contributed by atoms with E-state index in [9.17, 15) is 5.11 Å². The van der Waals surface area contributed by atoms with Crippen molar-refractivity contribution >= 4 is 22.3 Å². The molecule has 1 N–H and O–H groups in total. The fraction of sp³-hybridized carbons (Fsp3) is 0.286. The van der Waals surface area contributed by atoms with E-state index in [0.29, 0.717) is 6.04 Å². The molecule has 0 amide bonds. The lowest BCUT2D eigenvalue weighted by Gasteiger charge is -2.35. The number of nitrogens with zero attached hydrogens (tertiary/aromatic N) is 2. The molecule has 0 bridgehead atoms. The summed E-state index contributed by atoms with van der Waals surface area (Å²) in [5.74, 6) is 0.0176. The van der Waals surface area contributed by atoms with E-state index in [-0.39, 0.29) is 5.75 Å². The topological polar surface area (TPSA) is 48.1 Å². The van der Waals surface area contributed by atoms with Crippen LogP contribution in [0.3, 0.4) is 0 Å². The number of anilines is 2. The van der Waals surface area contributed by atoms with E-state index >= 15 is 0 Å². The lowest BCUT2D eigenvalue weighted by atomic mass is 10.0. The molecule has 1 fully saturated rings. The highest BCUT2D eigenvalue weighted by Gasteiger charge is 2.23. The first-order valence-electron chi connectivity index (χ1n) is 8.84. The van der Waals surface area contributed by atoms with Crippen molar-refractivity contribution in [2.45, 2.75) is 25.8 Å². The van der Waals surface area contributed by atoms with E-state index in [1.54, 1.807) is 0 Å². The summed E-state index contributed by atoms with van der Waals surface area (Å²) in [7, 11) is 0. The lowest BCUT2D eigenvalue weighted by molar-refractivity contribution is 0.352.